The van der Waals surface area contributed by atoms with Crippen molar-refractivity contribution in [3.8, 4) is 0 Å². The average molecular weight is 106 g/mol. The minimum absolute atomic E-state index is 0. The second-order valence-electron chi connectivity index (χ2n) is 1.08. The molecular weight excluding hydrogens is 98.0 g/mol. The van der Waals surface area contributed by atoms with Crippen LogP contribution in [0.2, 0.25) is 0 Å². The Hall–Kier alpha value is 0.415. The third kappa shape index (κ3) is 8.41. The predicted octanol–water partition coefficient (Wildman–Crippen LogP) is -4.05. The molecule has 0 heterocycles. The summed E-state index contributed by atoms with van der Waals surface area (Å²) >= 11 is 0. The van der Waals surface area contributed by atoms with Gasteiger partial charge in [-0.05, 0) is 0 Å². The molecule has 0 amide bonds. The summed E-state index contributed by atoms with van der Waals surface area (Å²) < 4.78 is 0. The molecular formula is C7H8Li2. The van der Waals surface area contributed by atoms with E-state index in [0.717, 1.165) is 0 Å². The van der Waals surface area contributed by atoms with E-state index in [4.69, 9.17) is 0 Å². The van der Waals surface area contributed by atoms with E-state index in [1.165, 1.54) is 0 Å². The zero-order valence-electron chi connectivity index (χ0n) is 6.39. The van der Waals surface area contributed by atoms with Crippen LogP contribution in [0.25, 0.3) is 0 Å². The van der Waals surface area contributed by atoms with Gasteiger partial charge >= 0.3 is 37.7 Å². The van der Waals surface area contributed by atoms with Crippen molar-refractivity contribution < 1.29 is 37.7 Å². The quantitative estimate of drug-likeness (QED) is 0.233. The maximum Gasteiger partial charge on any atom is 1.00 e. The normalized spacial score (nSPS) is 5.33. The molecule has 0 bridgehead atoms. The molecule has 0 atom stereocenters. The number of hydrogen-bond donors (Lipinski definition) is 0. The maximum atomic E-state index is 2.89. The fraction of sp³-hybridized carbons (Fsp3) is 0. The van der Waals surface area contributed by atoms with Gasteiger partial charge in [0, 0.05) is 0 Å². The monoisotopic (exact) mass is 106 g/mol. The number of rotatable bonds is 0. The summed E-state index contributed by atoms with van der Waals surface area (Å²) in [7, 11) is 0. The van der Waals surface area contributed by atoms with Gasteiger partial charge in [-0.15, -0.1) is 0 Å². The van der Waals surface area contributed by atoms with E-state index in [1.54, 1.807) is 0 Å². The Balaban J connectivity index is -0.000000120. The first kappa shape index (κ1) is 16.2. The SMILES string of the molecule is [CH3-].[Li+].[Li+].[c-]1ccccc1. The van der Waals surface area contributed by atoms with Crippen LogP contribution >= 0.6 is 0 Å². The largest absolute Gasteiger partial charge is 1.00 e. The first-order valence-electron chi connectivity index (χ1n) is 1.91. The van der Waals surface area contributed by atoms with Crippen LogP contribution in [0.4, 0.5) is 0 Å². The second kappa shape index (κ2) is 11.2. The van der Waals surface area contributed by atoms with Crippen LogP contribution in [0.5, 0.6) is 0 Å². The van der Waals surface area contributed by atoms with Gasteiger partial charge in [0.1, 0.15) is 0 Å². The molecule has 0 aliphatic carbocycles. The Morgan fingerprint density at radius 2 is 1.22 bits per heavy atom. The van der Waals surface area contributed by atoms with Crippen molar-refractivity contribution in [2.24, 2.45) is 0 Å². The van der Waals surface area contributed by atoms with Crippen molar-refractivity contribution in [2.45, 2.75) is 0 Å². The smallest absolute Gasteiger partial charge is 0.358 e. The van der Waals surface area contributed by atoms with Crippen molar-refractivity contribution >= 4 is 0 Å². The molecule has 0 unspecified atom stereocenters. The minimum Gasteiger partial charge on any atom is -0.358 e. The topological polar surface area (TPSA) is 0 Å². The molecule has 0 nitrogen and oxygen atoms in total. The molecule has 1 aromatic carbocycles. The van der Waals surface area contributed by atoms with Gasteiger partial charge < -0.3 is 7.43 Å². The first-order valence-corrected chi connectivity index (χ1v) is 1.91. The van der Waals surface area contributed by atoms with Crippen molar-refractivity contribution in [1.29, 1.82) is 0 Å². The van der Waals surface area contributed by atoms with Crippen LogP contribution in [-0.2, 0) is 0 Å². The summed E-state index contributed by atoms with van der Waals surface area (Å²) in [6, 6.07) is 12.5. The molecule has 38 valence electrons. The van der Waals surface area contributed by atoms with Gasteiger partial charge in [-0.2, -0.15) is 36.4 Å². The van der Waals surface area contributed by atoms with Gasteiger partial charge in [-0.25, -0.2) is 0 Å². The van der Waals surface area contributed by atoms with E-state index in [0.29, 0.717) is 0 Å². The van der Waals surface area contributed by atoms with Crippen molar-refractivity contribution in [3.05, 3.63) is 43.8 Å². The molecule has 0 aliphatic rings. The summed E-state index contributed by atoms with van der Waals surface area (Å²) in [5, 5.41) is 0. The second-order valence-corrected chi connectivity index (χ2v) is 1.08. The molecule has 0 radical (unpaired) electrons. The molecule has 2 heteroatoms. The van der Waals surface area contributed by atoms with E-state index in [9.17, 15) is 0 Å². The van der Waals surface area contributed by atoms with E-state index in [-0.39, 0.29) is 45.1 Å². The fourth-order valence-electron chi connectivity index (χ4n) is 0.342. The standard InChI is InChI=1S/C6H5.CH3.2Li/c1-2-4-6-5-3-1;;;/h1-5H;1H3;;/q2*-1;2*+1. The minimum atomic E-state index is 0. The van der Waals surface area contributed by atoms with E-state index >= 15 is 0 Å². The molecule has 0 N–H and O–H groups in total. The van der Waals surface area contributed by atoms with Gasteiger partial charge in [0.05, 0.1) is 0 Å². The first-order chi connectivity index (χ1) is 3.00. The Morgan fingerprint density at radius 1 is 0.778 bits per heavy atom. The molecule has 9 heavy (non-hydrogen) atoms. The van der Waals surface area contributed by atoms with Gasteiger partial charge in [0.25, 0.3) is 0 Å². The van der Waals surface area contributed by atoms with Crippen LogP contribution in [0, 0.1) is 13.5 Å². The predicted molar refractivity (Wildman–Crippen MR) is 31.7 cm³/mol. The Kier molecular flexibility index (Phi) is 20.2. The number of benzene rings is 1. The zero-order valence-corrected chi connectivity index (χ0v) is 6.39. The number of hydrogen-bond acceptors (Lipinski definition) is 0. The fourth-order valence-corrected chi connectivity index (χ4v) is 0.342. The van der Waals surface area contributed by atoms with Crippen LogP contribution < -0.4 is 37.7 Å². The molecule has 0 aromatic heterocycles. The van der Waals surface area contributed by atoms with E-state index in [2.05, 4.69) is 6.07 Å². The molecule has 0 aliphatic heterocycles. The maximum absolute atomic E-state index is 2.89. The average Bonchev–Trinajstić information content (AvgIpc) is 1.72. The summed E-state index contributed by atoms with van der Waals surface area (Å²) in [5.41, 5.74) is 0. The third-order valence-corrected chi connectivity index (χ3v) is 0.607. The van der Waals surface area contributed by atoms with Crippen molar-refractivity contribution in [1.82, 2.24) is 0 Å². The van der Waals surface area contributed by atoms with E-state index in [1.807, 2.05) is 30.3 Å². The van der Waals surface area contributed by atoms with E-state index < -0.39 is 0 Å². The molecule has 0 saturated heterocycles. The summed E-state index contributed by atoms with van der Waals surface area (Å²) in [6.45, 7) is 0. The zero-order chi connectivity index (χ0) is 4.24. The van der Waals surface area contributed by atoms with Crippen molar-refractivity contribution in [3.63, 3.8) is 0 Å². The van der Waals surface area contributed by atoms with Gasteiger partial charge in [0.15, 0.2) is 0 Å². The van der Waals surface area contributed by atoms with Gasteiger partial charge in [0.2, 0.25) is 0 Å². The Morgan fingerprint density at radius 3 is 1.33 bits per heavy atom. The molecule has 0 spiro atoms. The van der Waals surface area contributed by atoms with Crippen LogP contribution in [0.3, 0.4) is 0 Å². The summed E-state index contributed by atoms with van der Waals surface area (Å²) in [5.74, 6) is 0. The Labute approximate surface area is 81.4 Å². The van der Waals surface area contributed by atoms with Gasteiger partial charge in [-0.3, -0.25) is 0 Å². The summed E-state index contributed by atoms with van der Waals surface area (Å²) in [4.78, 5) is 0. The third-order valence-electron chi connectivity index (χ3n) is 0.607. The van der Waals surface area contributed by atoms with Crippen LogP contribution in [0.15, 0.2) is 30.3 Å². The van der Waals surface area contributed by atoms with Gasteiger partial charge in [-0.1, -0.05) is 0 Å². The van der Waals surface area contributed by atoms with Crippen LogP contribution in [-0.4, -0.2) is 0 Å². The molecule has 1 aromatic rings. The molecule has 1 rings (SSSR count). The molecule has 0 saturated carbocycles. The van der Waals surface area contributed by atoms with Crippen molar-refractivity contribution in [2.75, 3.05) is 0 Å². The Bertz CT molecular complexity index is 78.8. The summed E-state index contributed by atoms with van der Waals surface area (Å²) in [6.07, 6.45) is 0. The molecule has 0 fully saturated rings. The van der Waals surface area contributed by atoms with Crippen LogP contribution in [0.1, 0.15) is 0 Å².